The fourth-order valence-corrected chi connectivity index (χ4v) is 4.57. The minimum Gasteiger partial charge on any atom is -0.373 e. The van der Waals surface area contributed by atoms with E-state index in [1.54, 1.807) is 29.9 Å². The van der Waals surface area contributed by atoms with Gasteiger partial charge in [0.05, 0.1) is 17.3 Å². The van der Waals surface area contributed by atoms with Crippen LogP contribution in [-0.2, 0) is 0 Å². The maximum Gasteiger partial charge on any atom is 0.274 e. The number of likely N-dealkylation sites (N-methyl/N-ethyl adjacent to an activating group) is 1. The van der Waals surface area contributed by atoms with E-state index in [-0.39, 0.29) is 28.5 Å². The molecule has 34 heavy (non-hydrogen) atoms. The monoisotopic (exact) mass is 488 g/mol. The lowest BCUT2D eigenvalue weighted by molar-refractivity contribution is 0.0949. The number of rotatable bonds is 6. The lowest BCUT2D eigenvalue weighted by Gasteiger charge is -2.31. The number of anilines is 3. The summed E-state index contributed by atoms with van der Waals surface area (Å²) in [6.07, 6.45) is 4.26. The molecular weight excluding hydrogens is 463 g/mol. The molecule has 3 aromatic heterocycles. The van der Waals surface area contributed by atoms with Gasteiger partial charge in [0.15, 0.2) is 5.65 Å². The highest BCUT2D eigenvalue weighted by molar-refractivity contribution is 6.30. The Morgan fingerprint density at radius 1 is 1.32 bits per heavy atom. The molecule has 1 amide bonds. The second kappa shape index (κ2) is 8.88. The highest BCUT2D eigenvalue weighted by atomic mass is 35.5. The third-order valence-corrected chi connectivity index (χ3v) is 6.47. The molecule has 1 saturated carbocycles. The zero-order chi connectivity index (χ0) is 24.0. The fraction of sp³-hybridized carbons (Fsp3) is 0.455. The summed E-state index contributed by atoms with van der Waals surface area (Å²) < 4.78 is 16.4. The molecule has 0 unspecified atom stereocenters. The third kappa shape index (κ3) is 4.32. The summed E-state index contributed by atoms with van der Waals surface area (Å²) in [6.45, 7) is 1.77. The quantitative estimate of drug-likeness (QED) is 0.489. The van der Waals surface area contributed by atoms with E-state index in [2.05, 4.69) is 30.9 Å². The normalized spacial score (nSPS) is 22.5. The number of pyridine rings is 1. The molecule has 0 bridgehead atoms. The number of amides is 1. The molecule has 2 fully saturated rings. The van der Waals surface area contributed by atoms with Gasteiger partial charge in [0.25, 0.3) is 11.5 Å². The molecule has 0 radical (unpaired) electrons. The maximum absolute atomic E-state index is 13.3. The average molecular weight is 489 g/mol. The van der Waals surface area contributed by atoms with Crippen molar-refractivity contribution in [3.8, 4) is 0 Å². The molecule has 0 spiro atoms. The molecule has 3 N–H and O–H groups in total. The largest absolute Gasteiger partial charge is 0.373 e. The number of fused-ring (bicyclic) bond motifs is 1. The Bertz CT molecular complexity index is 1310. The summed E-state index contributed by atoms with van der Waals surface area (Å²) >= 11 is 6.37. The SMILES string of the molecule is CNc1cc(Nc2cc(Cl)cn([C@H]3CCCN(C)C3)c2=O)nc2c(C(=O)N[C@@H]3C[C@@H]3F)cnn12. The summed E-state index contributed by atoms with van der Waals surface area (Å²) in [6, 6.07) is 2.80. The Morgan fingerprint density at radius 2 is 2.12 bits per heavy atom. The van der Waals surface area contributed by atoms with Crippen molar-refractivity contribution in [3.05, 3.63) is 45.5 Å². The standard InChI is InChI=1S/C22H26ClFN8O2/c1-25-19-8-18(29-20-14(9-26-32(19)20)21(33)28-16-7-15(16)24)27-17-6-12(23)10-31(22(17)34)13-4-3-5-30(2)11-13/h6,8-10,13,15-16,25H,3-5,7,11H2,1-2H3,(H,27,29)(H,28,33)/t13-,15-,16+/m0/s1. The van der Waals surface area contributed by atoms with Crippen molar-refractivity contribution in [2.75, 3.05) is 37.8 Å². The molecule has 12 heteroatoms. The van der Waals surface area contributed by atoms with Crippen LogP contribution in [0, 0.1) is 0 Å². The number of aromatic nitrogens is 4. The van der Waals surface area contributed by atoms with Gasteiger partial charge in [0.2, 0.25) is 0 Å². The number of hydrogen-bond acceptors (Lipinski definition) is 7. The second-order valence-electron chi connectivity index (χ2n) is 8.87. The molecule has 2 aliphatic rings. The molecule has 180 valence electrons. The molecule has 1 aliphatic heterocycles. The van der Waals surface area contributed by atoms with Crippen molar-refractivity contribution in [2.24, 2.45) is 0 Å². The summed E-state index contributed by atoms with van der Waals surface area (Å²) in [5, 5.41) is 13.4. The van der Waals surface area contributed by atoms with Crippen LogP contribution in [0.2, 0.25) is 5.02 Å². The van der Waals surface area contributed by atoms with Crippen LogP contribution in [0.25, 0.3) is 5.65 Å². The van der Waals surface area contributed by atoms with Crippen LogP contribution >= 0.6 is 11.6 Å². The van der Waals surface area contributed by atoms with E-state index in [4.69, 9.17) is 11.6 Å². The fourth-order valence-electron chi connectivity index (χ4n) is 4.36. The summed E-state index contributed by atoms with van der Waals surface area (Å²) in [5.74, 6) is 0.448. The highest BCUT2D eigenvalue weighted by Crippen LogP contribution is 2.27. The second-order valence-corrected chi connectivity index (χ2v) is 9.31. The summed E-state index contributed by atoms with van der Waals surface area (Å²) in [5.41, 5.74) is 0.571. The molecule has 1 aliphatic carbocycles. The van der Waals surface area contributed by atoms with Crippen LogP contribution in [0.15, 0.2) is 29.3 Å². The van der Waals surface area contributed by atoms with Gasteiger partial charge in [-0.2, -0.15) is 9.61 Å². The first kappa shape index (κ1) is 22.6. The van der Waals surface area contributed by atoms with Gasteiger partial charge in [-0.1, -0.05) is 11.6 Å². The van der Waals surface area contributed by atoms with E-state index in [1.165, 1.54) is 10.7 Å². The van der Waals surface area contributed by atoms with Crippen LogP contribution in [-0.4, -0.2) is 69.4 Å². The van der Waals surface area contributed by atoms with E-state index in [0.29, 0.717) is 23.1 Å². The van der Waals surface area contributed by atoms with Gasteiger partial charge >= 0.3 is 0 Å². The predicted molar refractivity (Wildman–Crippen MR) is 128 cm³/mol. The molecule has 10 nitrogen and oxygen atoms in total. The third-order valence-electron chi connectivity index (χ3n) is 6.27. The Hall–Kier alpha value is -3.18. The first-order chi connectivity index (χ1) is 16.3. The van der Waals surface area contributed by atoms with Gasteiger partial charge in [-0.05, 0) is 32.5 Å². The van der Waals surface area contributed by atoms with Gasteiger partial charge < -0.3 is 25.4 Å². The molecule has 3 atom stereocenters. The van der Waals surface area contributed by atoms with E-state index in [0.717, 1.165) is 25.9 Å². The number of hydrogen-bond donors (Lipinski definition) is 3. The lowest BCUT2D eigenvalue weighted by Crippen LogP contribution is -2.38. The van der Waals surface area contributed by atoms with Crippen molar-refractivity contribution >= 4 is 40.5 Å². The predicted octanol–water partition coefficient (Wildman–Crippen LogP) is 2.44. The van der Waals surface area contributed by atoms with Crippen molar-refractivity contribution in [1.29, 1.82) is 0 Å². The summed E-state index contributed by atoms with van der Waals surface area (Å²) in [4.78, 5) is 32.7. The summed E-state index contributed by atoms with van der Waals surface area (Å²) in [7, 11) is 3.75. The van der Waals surface area contributed by atoms with E-state index in [9.17, 15) is 14.0 Å². The van der Waals surface area contributed by atoms with Crippen molar-refractivity contribution in [2.45, 2.75) is 37.5 Å². The van der Waals surface area contributed by atoms with Gasteiger partial charge in [-0.25, -0.2) is 9.37 Å². The number of halogens is 2. The van der Waals surface area contributed by atoms with Gasteiger partial charge in [0, 0.05) is 38.3 Å². The Kier molecular flexibility index (Phi) is 5.90. The van der Waals surface area contributed by atoms with Crippen LogP contribution in [0.1, 0.15) is 35.7 Å². The number of piperidine rings is 1. The molecule has 4 heterocycles. The number of nitrogens with zero attached hydrogens (tertiary/aromatic N) is 5. The van der Waals surface area contributed by atoms with Crippen LogP contribution in [0.4, 0.5) is 21.7 Å². The molecule has 3 aromatic rings. The Balaban J connectivity index is 1.49. The Labute approximate surface area is 200 Å². The van der Waals surface area contributed by atoms with E-state index < -0.39 is 18.1 Å². The number of carbonyl (C=O) groups is 1. The Morgan fingerprint density at radius 3 is 2.82 bits per heavy atom. The number of likely N-dealkylation sites (tertiary alicyclic amines) is 1. The molecular formula is C22H26ClFN8O2. The highest BCUT2D eigenvalue weighted by Gasteiger charge is 2.39. The van der Waals surface area contributed by atoms with E-state index >= 15 is 0 Å². The number of nitrogens with one attached hydrogen (secondary N) is 3. The zero-order valence-electron chi connectivity index (χ0n) is 18.9. The van der Waals surface area contributed by atoms with Crippen LogP contribution in [0.5, 0.6) is 0 Å². The van der Waals surface area contributed by atoms with Gasteiger partial charge in [0.1, 0.15) is 29.1 Å². The molecule has 5 rings (SSSR count). The molecule has 1 saturated heterocycles. The zero-order valence-corrected chi connectivity index (χ0v) is 19.6. The topological polar surface area (TPSA) is 109 Å². The van der Waals surface area contributed by atoms with Crippen molar-refractivity contribution < 1.29 is 9.18 Å². The van der Waals surface area contributed by atoms with Gasteiger partial charge in [-0.3, -0.25) is 9.59 Å². The van der Waals surface area contributed by atoms with Crippen molar-refractivity contribution in [3.63, 3.8) is 0 Å². The minimum absolute atomic E-state index is 0.0284. The number of alkyl halides is 1. The minimum atomic E-state index is -1.02. The van der Waals surface area contributed by atoms with Crippen LogP contribution < -0.4 is 21.5 Å². The average Bonchev–Trinajstić information content (AvgIpc) is 3.32. The van der Waals surface area contributed by atoms with Crippen molar-refractivity contribution in [1.82, 2.24) is 29.4 Å². The maximum atomic E-state index is 13.3. The first-order valence-corrected chi connectivity index (χ1v) is 11.6. The smallest absolute Gasteiger partial charge is 0.274 e. The van der Waals surface area contributed by atoms with Gasteiger partial charge in [-0.15, -0.1) is 0 Å². The molecule has 0 aromatic carbocycles. The number of carbonyl (C=O) groups excluding carboxylic acids is 1. The van der Waals surface area contributed by atoms with Crippen LogP contribution in [0.3, 0.4) is 0 Å². The van der Waals surface area contributed by atoms with E-state index in [1.807, 2.05) is 7.05 Å². The first-order valence-electron chi connectivity index (χ1n) is 11.2. The lowest BCUT2D eigenvalue weighted by atomic mass is 10.1.